The van der Waals surface area contributed by atoms with Gasteiger partial charge in [-0.15, -0.1) is 0 Å². The van der Waals surface area contributed by atoms with E-state index in [0.717, 1.165) is 5.56 Å². The summed E-state index contributed by atoms with van der Waals surface area (Å²) in [5.41, 5.74) is 8.26. The number of carbonyl (C=O) groups excluding carboxylic acids is 1. The summed E-state index contributed by atoms with van der Waals surface area (Å²) >= 11 is 0. The van der Waals surface area contributed by atoms with E-state index in [0.29, 0.717) is 29.9 Å². The molecule has 1 heterocycles. The standard InChI is InChI=1S/C17H19N3O3S/c18-15-3-1-2-4-16(15)20-17(21)13-7-5-12(6-8-13)9-14-10-19-11-24(14,22)23/h1-8,14,19H,9-11,18H2,(H,20,21). The van der Waals surface area contributed by atoms with Gasteiger partial charge in [-0.2, -0.15) is 0 Å². The second-order valence-electron chi connectivity index (χ2n) is 5.83. The van der Waals surface area contributed by atoms with E-state index in [4.69, 9.17) is 5.73 Å². The predicted octanol–water partition coefficient (Wildman–Crippen LogP) is 1.41. The van der Waals surface area contributed by atoms with Crippen LogP contribution in [0.25, 0.3) is 0 Å². The molecule has 1 aliphatic rings. The van der Waals surface area contributed by atoms with Crippen LogP contribution in [-0.2, 0) is 16.3 Å². The summed E-state index contributed by atoms with van der Waals surface area (Å²) in [7, 11) is -3.06. The Morgan fingerprint density at radius 3 is 2.50 bits per heavy atom. The van der Waals surface area contributed by atoms with Gasteiger partial charge in [-0.25, -0.2) is 8.42 Å². The maximum atomic E-state index is 12.3. The van der Waals surface area contributed by atoms with E-state index in [-0.39, 0.29) is 11.8 Å². The Bertz CT molecular complexity index is 848. The molecule has 0 bridgehead atoms. The number of sulfone groups is 1. The number of rotatable bonds is 4. The Labute approximate surface area is 141 Å². The van der Waals surface area contributed by atoms with Gasteiger partial charge in [0.05, 0.1) is 22.5 Å². The number of para-hydroxylation sites is 2. The third-order valence-electron chi connectivity index (χ3n) is 4.07. The molecule has 0 aromatic heterocycles. The fourth-order valence-electron chi connectivity index (χ4n) is 2.67. The van der Waals surface area contributed by atoms with Crippen LogP contribution in [0, 0.1) is 0 Å². The lowest BCUT2D eigenvalue weighted by molar-refractivity contribution is 0.102. The van der Waals surface area contributed by atoms with Gasteiger partial charge in [-0.1, -0.05) is 24.3 Å². The van der Waals surface area contributed by atoms with Crippen molar-refractivity contribution in [3.8, 4) is 0 Å². The van der Waals surface area contributed by atoms with Gasteiger partial charge in [-0.05, 0) is 36.2 Å². The second-order valence-corrected chi connectivity index (χ2v) is 8.11. The molecule has 1 aliphatic heterocycles. The average molecular weight is 345 g/mol. The van der Waals surface area contributed by atoms with Gasteiger partial charge in [0.15, 0.2) is 9.84 Å². The molecule has 0 aliphatic carbocycles. The zero-order valence-corrected chi connectivity index (χ0v) is 13.8. The fraction of sp³-hybridized carbons (Fsp3) is 0.235. The summed E-state index contributed by atoms with van der Waals surface area (Å²) < 4.78 is 23.7. The number of nitrogens with one attached hydrogen (secondary N) is 2. The quantitative estimate of drug-likeness (QED) is 0.727. The number of hydrogen-bond donors (Lipinski definition) is 3. The van der Waals surface area contributed by atoms with Crippen molar-refractivity contribution in [1.29, 1.82) is 0 Å². The molecule has 1 amide bonds. The van der Waals surface area contributed by atoms with E-state index in [1.165, 1.54) is 0 Å². The van der Waals surface area contributed by atoms with Crippen molar-refractivity contribution in [2.24, 2.45) is 0 Å². The summed E-state index contributed by atoms with van der Waals surface area (Å²) in [5.74, 6) is -0.217. The van der Waals surface area contributed by atoms with Crippen LogP contribution >= 0.6 is 0 Å². The first-order chi connectivity index (χ1) is 11.5. The molecular weight excluding hydrogens is 326 g/mol. The molecule has 1 fully saturated rings. The molecule has 1 unspecified atom stereocenters. The minimum absolute atomic E-state index is 0.0383. The summed E-state index contributed by atoms with van der Waals surface area (Å²) in [6.45, 7) is 0.470. The SMILES string of the molecule is Nc1ccccc1NC(=O)c1ccc(CC2CNCS2(=O)=O)cc1. The maximum absolute atomic E-state index is 12.3. The topological polar surface area (TPSA) is 101 Å². The van der Waals surface area contributed by atoms with E-state index in [2.05, 4.69) is 10.6 Å². The Morgan fingerprint density at radius 1 is 1.17 bits per heavy atom. The smallest absolute Gasteiger partial charge is 0.255 e. The molecule has 2 aromatic carbocycles. The maximum Gasteiger partial charge on any atom is 0.255 e. The molecule has 1 atom stereocenters. The highest BCUT2D eigenvalue weighted by molar-refractivity contribution is 7.92. The van der Waals surface area contributed by atoms with Crippen LogP contribution in [0.3, 0.4) is 0 Å². The lowest BCUT2D eigenvalue weighted by atomic mass is 10.1. The minimum Gasteiger partial charge on any atom is -0.397 e. The van der Waals surface area contributed by atoms with Crippen LogP contribution < -0.4 is 16.4 Å². The molecule has 126 valence electrons. The van der Waals surface area contributed by atoms with E-state index in [1.807, 2.05) is 0 Å². The van der Waals surface area contributed by atoms with Crippen molar-refractivity contribution in [3.05, 3.63) is 59.7 Å². The fourth-order valence-corrected chi connectivity index (χ4v) is 4.12. The minimum atomic E-state index is -3.06. The number of nitrogen functional groups attached to an aromatic ring is 1. The number of amides is 1. The molecule has 7 heteroatoms. The van der Waals surface area contributed by atoms with Crippen molar-refractivity contribution in [3.63, 3.8) is 0 Å². The molecule has 0 spiro atoms. The molecule has 0 saturated carbocycles. The first kappa shape index (κ1) is 16.5. The van der Waals surface area contributed by atoms with Crippen LogP contribution in [0.5, 0.6) is 0 Å². The van der Waals surface area contributed by atoms with Crippen molar-refractivity contribution in [2.45, 2.75) is 11.7 Å². The van der Waals surface area contributed by atoms with Gasteiger partial charge in [0, 0.05) is 12.1 Å². The third-order valence-corrected chi connectivity index (χ3v) is 6.03. The van der Waals surface area contributed by atoms with Gasteiger partial charge in [-0.3, -0.25) is 4.79 Å². The second kappa shape index (κ2) is 6.62. The number of benzene rings is 2. The molecule has 24 heavy (non-hydrogen) atoms. The van der Waals surface area contributed by atoms with E-state index in [9.17, 15) is 13.2 Å². The van der Waals surface area contributed by atoms with Crippen molar-refractivity contribution >= 4 is 27.1 Å². The van der Waals surface area contributed by atoms with Crippen LogP contribution in [0.15, 0.2) is 48.5 Å². The third kappa shape index (κ3) is 3.58. The summed E-state index contributed by atoms with van der Waals surface area (Å²) in [5, 5.41) is 5.24. The van der Waals surface area contributed by atoms with Gasteiger partial charge in [0.25, 0.3) is 5.91 Å². The molecule has 1 saturated heterocycles. The van der Waals surface area contributed by atoms with Crippen LogP contribution in [0.1, 0.15) is 15.9 Å². The number of nitrogens with two attached hydrogens (primary N) is 1. The summed E-state index contributed by atoms with van der Waals surface area (Å²) in [6, 6.07) is 14.0. The molecule has 4 N–H and O–H groups in total. The summed E-state index contributed by atoms with van der Waals surface area (Å²) in [4.78, 5) is 12.3. The molecule has 2 aromatic rings. The average Bonchev–Trinajstić information content (AvgIpc) is 2.89. The predicted molar refractivity (Wildman–Crippen MR) is 94.5 cm³/mol. The zero-order valence-electron chi connectivity index (χ0n) is 13.0. The molecule has 6 nitrogen and oxygen atoms in total. The number of anilines is 2. The highest BCUT2D eigenvalue weighted by atomic mass is 32.2. The number of carbonyl (C=O) groups is 1. The molecule has 3 rings (SSSR count). The van der Waals surface area contributed by atoms with Crippen molar-refractivity contribution in [1.82, 2.24) is 5.32 Å². The largest absolute Gasteiger partial charge is 0.397 e. The van der Waals surface area contributed by atoms with Crippen molar-refractivity contribution in [2.75, 3.05) is 23.5 Å². The first-order valence-corrected chi connectivity index (χ1v) is 9.34. The number of hydrogen-bond acceptors (Lipinski definition) is 5. The first-order valence-electron chi connectivity index (χ1n) is 7.63. The molecular formula is C17H19N3O3S. The van der Waals surface area contributed by atoms with Crippen LogP contribution in [0.2, 0.25) is 0 Å². The van der Waals surface area contributed by atoms with Crippen LogP contribution in [0.4, 0.5) is 11.4 Å². The van der Waals surface area contributed by atoms with E-state index < -0.39 is 15.1 Å². The van der Waals surface area contributed by atoms with E-state index >= 15 is 0 Å². The Kier molecular flexibility index (Phi) is 4.55. The molecule has 0 radical (unpaired) electrons. The van der Waals surface area contributed by atoms with Crippen LogP contribution in [-0.4, -0.2) is 32.0 Å². The highest BCUT2D eigenvalue weighted by Crippen LogP contribution is 2.19. The van der Waals surface area contributed by atoms with Crippen molar-refractivity contribution < 1.29 is 13.2 Å². The Hall–Kier alpha value is -2.38. The summed E-state index contributed by atoms with van der Waals surface area (Å²) in [6.07, 6.45) is 0.447. The normalized spacial score (nSPS) is 19.1. The Morgan fingerprint density at radius 2 is 1.88 bits per heavy atom. The zero-order chi connectivity index (χ0) is 17.2. The highest BCUT2D eigenvalue weighted by Gasteiger charge is 2.30. The van der Waals surface area contributed by atoms with E-state index in [1.54, 1.807) is 48.5 Å². The van der Waals surface area contributed by atoms with Gasteiger partial charge in [0.1, 0.15) is 0 Å². The lowest BCUT2D eigenvalue weighted by Crippen LogP contribution is -2.21. The van der Waals surface area contributed by atoms with Gasteiger partial charge in [0.2, 0.25) is 0 Å². The Balaban J connectivity index is 1.68. The lowest BCUT2D eigenvalue weighted by Gasteiger charge is -2.10. The van der Waals surface area contributed by atoms with Gasteiger partial charge < -0.3 is 16.4 Å². The monoisotopic (exact) mass is 345 g/mol. The van der Waals surface area contributed by atoms with Gasteiger partial charge >= 0.3 is 0 Å².